The second-order valence-corrected chi connectivity index (χ2v) is 17.1. The average Bonchev–Trinajstić information content (AvgIpc) is 3.92. The van der Waals surface area contributed by atoms with Gasteiger partial charge in [-0.1, -0.05) is 62.8 Å². The van der Waals surface area contributed by atoms with Crippen molar-refractivity contribution in [3.05, 3.63) is 114 Å². The molecule has 0 amide bonds. The van der Waals surface area contributed by atoms with E-state index in [4.69, 9.17) is 5.53 Å². The average molecular weight is 933 g/mol. The molecule has 0 fully saturated rings. The Hall–Kier alpha value is -4.35. The van der Waals surface area contributed by atoms with Crippen LogP contribution in [0.1, 0.15) is 58.3 Å². The lowest BCUT2D eigenvalue weighted by Gasteiger charge is -2.10. The second-order valence-electron chi connectivity index (χ2n) is 13.4. The Morgan fingerprint density at radius 2 is 1.29 bits per heavy atom. The molecule has 0 aliphatic heterocycles. The minimum Gasteiger partial charge on any atom is -0.320 e. The largest absolute Gasteiger partial charge is 0.320 e. The molecular weight excluding hydrogens is 895 g/mol. The number of carbonyl (C=O) groups is 2. The number of hydrogen-bond acceptors (Lipinski definition) is 10. The van der Waals surface area contributed by atoms with Gasteiger partial charge in [0.25, 0.3) is 0 Å². The van der Waals surface area contributed by atoms with Crippen LogP contribution in [0.2, 0.25) is 13.6 Å². The number of Topliss-reactive ketones (excluding diaryl/α,β-unsaturated/α-hetero) is 2. The van der Waals surface area contributed by atoms with Gasteiger partial charge in [0.1, 0.15) is 12.7 Å². The summed E-state index contributed by atoms with van der Waals surface area (Å²) in [5.41, 5.74) is 15.8. The van der Waals surface area contributed by atoms with Gasteiger partial charge in [0.15, 0.2) is 22.9 Å². The summed E-state index contributed by atoms with van der Waals surface area (Å²) in [6, 6.07) is 11.9. The van der Waals surface area contributed by atoms with E-state index in [1.54, 1.807) is 4.68 Å². The van der Waals surface area contributed by atoms with Gasteiger partial charge in [0.2, 0.25) is 5.54 Å². The first-order valence-corrected chi connectivity index (χ1v) is 20.4. The summed E-state index contributed by atoms with van der Waals surface area (Å²) in [7, 11) is 1.93. The maximum Gasteiger partial charge on any atom is 0.216 e. The van der Waals surface area contributed by atoms with Crippen LogP contribution in [0, 0.1) is 0 Å². The van der Waals surface area contributed by atoms with E-state index in [1.807, 2.05) is 60.5 Å². The highest BCUT2D eigenvalue weighted by Crippen LogP contribution is 2.39. The molecule has 1 N–H and O–H groups in total. The smallest absolute Gasteiger partial charge is 0.216 e. The Bertz CT molecular complexity index is 2390. The minimum atomic E-state index is -0.395. The first kappa shape index (κ1) is 40.3. The molecule has 2 unspecified atom stereocenters. The molecule has 2 aliphatic carbocycles. The van der Waals surface area contributed by atoms with Gasteiger partial charge in [-0.15, -0.1) is 0 Å². The normalized spacial score (nSPS) is 15.5. The lowest BCUT2D eigenvalue weighted by Crippen LogP contribution is -2.11. The highest BCUT2D eigenvalue weighted by molar-refractivity contribution is 9.24. The number of halogens is 3. The highest BCUT2D eigenvalue weighted by Gasteiger charge is 2.36. The van der Waals surface area contributed by atoms with E-state index in [2.05, 4.69) is 107 Å². The molecule has 4 aromatic heterocycles. The Labute approximate surface area is 343 Å². The minimum absolute atomic E-state index is 0.134. The summed E-state index contributed by atoms with van der Waals surface area (Å²) in [4.78, 5) is 45.5. The predicted octanol–water partition coefficient (Wildman–Crippen LogP) is 7.63. The van der Waals surface area contributed by atoms with Crippen molar-refractivity contribution in [3.8, 4) is 0 Å². The third-order valence-electron chi connectivity index (χ3n) is 9.07. The van der Waals surface area contributed by atoms with E-state index in [1.165, 1.54) is 12.7 Å². The van der Waals surface area contributed by atoms with Crippen molar-refractivity contribution in [1.82, 2.24) is 44.8 Å². The van der Waals surface area contributed by atoms with Gasteiger partial charge in [-0.2, -0.15) is 26.0 Å². The van der Waals surface area contributed by atoms with Crippen LogP contribution in [0.4, 0.5) is 0 Å². The van der Waals surface area contributed by atoms with Gasteiger partial charge in [-0.25, -0.2) is 19.9 Å². The number of nitrogens with zero attached hydrogens (tertiary/aromatic N) is 11. The second kappa shape index (κ2) is 18.5. The van der Waals surface area contributed by atoms with Gasteiger partial charge in [-0.3, -0.25) is 19.0 Å². The number of aryl methyl sites for hydroxylation is 2. The third-order valence-corrected chi connectivity index (χ3v) is 10.1. The Morgan fingerprint density at radius 1 is 0.818 bits per heavy atom. The lowest BCUT2D eigenvalue weighted by molar-refractivity contribution is -0.119. The van der Waals surface area contributed by atoms with E-state index < -0.39 is 5.92 Å². The molecule has 0 bridgehead atoms. The molecule has 0 saturated heterocycles. The number of hydrogen-bond donors (Lipinski definition) is 1. The van der Waals surface area contributed by atoms with Crippen molar-refractivity contribution in [2.45, 2.75) is 64.3 Å². The van der Waals surface area contributed by atoms with Gasteiger partial charge in [0, 0.05) is 58.7 Å². The number of benzene rings is 2. The van der Waals surface area contributed by atoms with E-state index in [9.17, 15) is 9.59 Å². The zero-order valence-electron chi connectivity index (χ0n) is 30.5. The van der Waals surface area contributed by atoms with Crippen molar-refractivity contribution < 1.29 is 9.59 Å². The molecule has 18 heteroatoms. The molecule has 14 nitrogen and oxygen atoms in total. The zero-order valence-corrected chi connectivity index (χ0v) is 35.3. The van der Waals surface area contributed by atoms with E-state index >= 15 is 0 Å². The number of aromatic nitrogens is 8. The maximum atomic E-state index is 12.7. The van der Waals surface area contributed by atoms with Crippen molar-refractivity contribution >= 4 is 86.8 Å². The van der Waals surface area contributed by atoms with Crippen LogP contribution in [0.25, 0.3) is 32.5 Å². The summed E-state index contributed by atoms with van der Waals surface area (Å²) in [5, 5.41) is 17.3. The molecule has 2 atom stereocenters. The van der Waals surface area contributed by atoms with Gasteiger partial charge < -0.3 is 5.32 Å². The Morgan fingerprint density at radius 3 is 1.75 bits per heavy atom. The fraction of sp³-hybridized carbons (Fsp3) is 0.351. The SMILES string of the molecule is CB(C)Br.CNCCCn1cc2c(C3C(=O)Cc4ccc(Br)cc43)ncnc2n1.[N-]=[N+]=NCCCn1cc2c(C3C(=O)Cc4ccc(Br)cc43)ncnc2n1. The van der Waals surface area contributed by atoms with E-state index in [0.717, 1.165) is 67.2 Å². The van der Waals surface area contributed by atoms with Crippen LogP contribution in [0.5, 0.6) is 0 Å². The number of azide groups is 1. The quantitative estimate of drug-likeness (QED) is 0.0475. The summed E-state index contributed by atoms with van der Waals surface area (Å²) in [6.45, 7) is 6.91. The molecule has 8 rings (SSSR count). The summed E-state index contributed by atoms with van der Waals surface area (Å²) in [5.74, 6) is -0.424. The number of ketones is 2. The highest BCUT2D eigenvalue weighted by atomic mass is 79.9. The third kappa shape index (κ3) is 9.55. The zero-order chi connectivity index (χ0) is 39.1. The maximum absolute atomic E-state index is 12.7. The molecule has 6 aromatic rings. The molecule has 55 heavy (non-hydrogen) atoms. The van der Waals surface area contributed by atoms with Crippen LogP contribution in [-0.2, 0) is 35.5 Å². The van der Waals surface area contributed by atoms with Crippen LogP contribution in [-0.4, -0.2) is 76.7 Å². The number of carbonyl (C=O) groups excluding carboxylic acids is 2. The number of fused-ring (bicyclic) bond motifs is 4. The molecule has 4 heterocycles. The van der Waals surface area contributed by atoms with Gasteiger partial charge in [0.05, 0.1) is 34.0 Å². The van der Waals surface area contributed by atoms with Gasteiger partial charge >= 0.3 is 0 Å². The molecule has 282 valence electrons. The van der Waals surface area contributed by atoms with Crippen LogP contribution < -0.4 is 5.32 Å². The van der Waals surface area contributed by atoms with E-state index in [0.29, 0.717) is 54.9 Å². The molecule has 2 aliphatic rings. The first-order valence-electron chi connectivity index (χ1n) is 17.9. The standard InChI is InChI=1S/C18H18BrN5O.C17H14BrN7O.C2H6BBr/c1-20-5-2-6-24-9-14-17(21-10-22-18(14)23-24)16-13-8-12(19)4-3-11(13)7-15(16)25;18-11-3-2-10-6-14(26)15(12(10)7-11)16-13-8-25(5-1-4-22-24-19)23-17(13)21-9-20-16;1-3(2)4/h3-4,8-10,16,20H,2,5-7H2,1H3;2-3,7-9,15H,1,4-6H2;1-2H3. The van der Waals surface area contributed by atoms with Crippen LogP contribution in [0.3, 0.4) is 0 Å². The fourth-order valence-electron chi connectivity index (χ4n) is 6.78. The van der Waals surface area contributed by atoms with Crippen LogP contribution >= 0.6 is 47.6 Å². The molecular formula is C37H38BBr3N12O2. The van der Waals surface area contributed by atoms with E-state index in [-0.39, 0.29) is 17.5 Å². The Balaban J connectivity index is 0.000000171. The lowest BCUT2D eigenvalue weighted by atomic mass is 9.87. The molecule has 2 aromatic carbocycles. The van der Waals surface area contributed by atoms with Crippen LogP contribution in [0.15, 0.2) is 75.5 Å². The molecule has 0 spiro atoms. The number of rotatable bonds is 10. The summed E-state index contributed by atoms with van der Waals surface area (Å²) >= 11 is 10.3. The Kier molecular flexibility index (Phi) is 13.6. The topological polar surface area (TPSA) is 182 Å². The van der Waals surface area contributed by atoms with Crippen molar-refractivity contribution in [3.63, 3.8) is 0 Å². The summed E-state index contributed by atoms with van der Waals surface area (Å²) < 4.78 is 5.56. The van der Waals surface area contributed by atoms with Crippen molar-refractivity contribution in [2.24, 2.45) is 5.11 Å². The monoisotopic (exact) mass is 930 g/mol. The predicted molar refractivity (Wildman–Crippen MR) is 224 cm³/mol. The number of nitrogens with one attached hydrogen (secondary N) is 1. The fourth-order valence-corrected chi connectivity index (χ4v) is 7.53. The summed E-state index contributed by atoms with van der Waals surface area (Å²) in [6.07, 6.45) is 9.32. The van der Waals surface area contributed by atoms with Crippen molar-refractivity contribution in [2.75, 3.05) is 20.1 Å². The van der Waals surface area contributed by atoms with Gasteiger partial charge in [-0.05, 0) is 78.5 Å². The van der Waals surface area contributed by atoms with Crippen molar-refractivity contribution in [1.29, 1.82) is 0 Å². The molecule has 0 saturated carbocycles. The molecule has 0 radical (unpaired) electrons. The first-order chi connectivity index (χ1) is 26.6.